The maximum atomic E-state index is 12.2. The van der Waals surface area contributed by atoms with E-state index in [9.17, 15) is 14.4 Å². The summed E-state index contributed by atoms with van der Waals surface area (Å²) in [5, 5.41) is 20.9. The lowest BCUT2D eigenvalue weighted by Crippen LogP contribution is -2.15. The molecule has 0 spiro atoms. The molecular formula is C28H29ClN2O3S. The van der Waals surface area contributed by atoms with Crippen molar-refractivity contribution in [3.05, 3.63) is 88.2 Å². The van der Waals surface area contributed by atoms with Crippen LogP contribution in [-0.4, -0.2) is 30.2 Å². The van der Waals surface area contributed by atoms with Crippen LogP contribution in [0.4, 0.5) is 0 Å². The number of aryl methyl sites for hydroxylation is 1. The number of rotatable bonds is 6. The highest BCUT2D eigenvalue weighted by molar-refractivity contribution is 7.84. The van der Waals surface area contributed by atoms with Crippen molar-refractivity contribution in [2.24, 2.45) is 0 Å². The third-order valence-corrected chi connectivity index (χ3v) is 7.59. The van der Waals surface area contributed by atoms with Crippen LogP contribution in [-0.2, 0) is 23.0 Å². The molecule has 0 amide bonds. The van der Waals surface area contributed by atoms with Gasteiger partial charge in [-0.3, -0.25) is 8.78 Å². The Labute approximate surface area is 213 Å². The number of halogens is 1. The monoisotopic (exact) mass is 508 g/mol. The number of benzene rings is 3. The summed E-state index contributed by atoms with van der Waals surface area (Å²) in [5.41, 5.74) is 5.77. The van der Waals surface area contributed by atoms with Crippen LogP contribution in [0.3, 0.4) is 0 Å². The first kappa shape index (κ1) is 25.3. The third kappa shape index (κ3) is 4.98. The molecule has 5 nitrogen and oxygen atoms in total. The Hall–Kier alpha value is -2.77. The predicted molar refractivity (Wildman–Crippen MR) is 142 cm³/mol. The Morgan fingerprint density at radius 1 is 1.06 bits per heavy atom. The van der Waals surface area contributed by atoms with E-state index in [1.54, 1.807) is 20.1 Å². The molecule has 182 valence electrons. The number of imidazole rings is 1. The van der Waals surface area contributed by atoms with Crippen LogP contribution in [0.5, 0.6) is 0 Å². The lowest BCUT2D eigenvalue weighted by molar-refractivity contribution is 0.0743. The van der Waals surface area contributed by atoms with Gasteiger partial charge in [-0.2, -0.15) is 0 Å². The van der Waals surface area contributed by atoms with E-state index >= 15 is 0 Å². The smallest absolute Gasteiger partial charge is 0.145 e. The number of hydrogen-bond donors (Lipinski definition) is 2. The quantitative estimate of drug-likeness (QED) is 0.338. The van der Waals surface area contributed by atoms with Gasteiger partial charge < -0.3 is 10.2 Å². The fourth-order valence-electron chi connectivity index (χ4n) is 4.14. The molecule has 1 heterocycles. The van der Waals surface area contributed by atoms with Gasteiger partial charge in [-0.25, -0.2) is 4.98 Å². The molecule has 0 aliphatic carbocycles. The second-order valence-corrected chi connectivity index (χ2v) is 11.0. The van der Waals surface area contributed by atoms with E-state index in [1.165, 1.54) is 0 Å². The van der Waals surface area contributed by atoms with Crippen molar-refractivity contribution in [2.45, 2.75) is 44.8 Å². The lowest BCUT2D eigenvalue weighted by Gasteiger charge is -2.15. The fraction of sp³-hybridized carbons (Fsp3) is 0.250. The Balaban J connectivity index is 1.86. The van der Waals surface area contributed by atoms with Gasteiger partial charge in [0.25, 0.3) is 0 Å². The molecule has 0 saturated heterocycles. The molecule has 7 heteroatoms. The molecule has 1 atom stereocenters. The fourth-order valence-corrected chi connectivity index (χ4v) is 5.11. The average molecular weight is 509 g/mol. The number of aliphatic hydroxyl groups excluding tert-OH is 1. The zero-order chi connectivity index (χ0) is 25.5. The SMILES string of the molecule is Cc1cc(-c2ccc(CO)c(S(C)=O)c2)ccc1-n1cc(C(C)(C)O)nc1-c1cccc(Cl)c1C. The maximum absolute atomic E-state index is 12.2. The van der Waals surface area contributed by atoms with Crippen molar-refractivity contribution in [1.29, 1.82) is 0 Å². The second kappa shape index (κ2) is 9.70. The number of hydrogen-bond acceptors (Lipinski definition) is 4. The molecule has 0 fully saturated rings. The number of aromatic nitrogens is 2. The first-order valence-electron chi connectivity index (χ1n) is 11.3. The molecule has 4 rings (SSSR count). The van der Waals surface area contributed by atoms with Crippen LogP contribution in [0.15, 0.2) is 65.7 Å². The molecule has 4 aromatic rings. The minimum absolute atomic E-state index is 0.150. The lowest BCUT2D eigenvalue weighted by atomic mass is 10.0. The highest BCUT2D eigenvalue weighted by atomic mass is 35.5. The summed E-state index contributed by atoms with van der Waals surface area (Å²) in [7, 11) is -1.21. The molecule has 0 aliphatic heterocycles. The summed E-state index contributed by atoms with van der Waals surface area (Å²) in [6.45, 7) is 7.27. The van der Waals surface area contributed by atoms with Crippen LogP contribution < -0.4 is 0 Å². The van der Waals surface area contributed by atoms with Crippen LogP contribution in [0, 0.1) is 13.8 Å². The van der Waals surface area contributed by atoms with Crippen LogP contribution in [0.25, 0.3) is 28.2 Å². The van der Waals surface area contributed by atoms with E-state index in [1.807, 2.05) is 73.1 Å². The summed E-state index contributed by atoms with van der Waals surface area (Å²) in [5.74, 6) is 0.703. The van der Waals surface area contributed by atoms with Gasteiger partial charge in [-0.05, 0) is 79.8 Å². The Morgan fingerprint density at radius 3 is 2.37 bits per heavy atom. The topological polar surface area (TPSA) is 75.3 Å². The average Bonchev–Trinajstić information content (AvgIpc) is 3.26. The van der Waals surface area contributed by atoms with E-state index in [4.69, 9.17) is 16.6 Å². The Kier molecular flexibility index (Phi) is 7.02. The van der Waals surface area contributed by atoms with Gasteiger partial charge >= 0.3 is 0 Å². The third-order valence-electron chi connectivity index (χ3n) is 6.18. The largest absolute Gasteiger partial charge is 0.392 e. The van der Waals surface area contributed by atoms with E-state index in [0.717, 1.165) is 33.5 Å². The van der Waals surface area contributed by atoms with E-state index in [0.29, 0.717) is 27.0 Å². The minimum Gasteiger partial charge on any atom is -0.392 e. The summed E-state index contributed by atoms with van der Waals surface area (Å²) >= 11 is 6.41. The summed E-state index contributed by atoms with van der Waals surface area (Å²) < 4.78 is 14.2. The van der Waals surface area contributed by atoms with Crippen molar-refractivity contribution >= 4 is 22.4 Å². The van der Waals surface area contributed by atoms with Gasteiger partial charge in [0.2, 0.25) is 0 Å². The molecule has 1 unspecified atom stereocenters. The van der Waals surface area contributed by atoms with Crippen molar-refractivity contribution in [3.63, 3.8) is 0 Å². The predicted octanol–water partition coefficient (Wildman–Crippen LogP) is 5.93. The summed E-state index contributed by atoms with van der Waals surface area (Å²) in [6, 6.07) is 17.5. The highest BCUT2D eigenvalue weighted by Crippen LogP contribution is 2.34. The van der Waals surface area contributed by atoms with Gasteiger partial charge in [0, 0.05) is 27.9 Å². The first-order chi connectivity index (χ1) is 16.5. The van der Waals surface area contributed by atoms with Crippen LogP contribution in [0.2, 0.25) is 5.02 Å². The molecule has 2 N–H and O–H groups in total. The molecule has 1 aromatic heterocycles. The van der Waals surface area contributed by atoms with Gasteiger partial charge in [-0.15, -0.1) is 0 Å². The summed E-state index contributed by atoms with van der Waals surface area (Å²) in [6.07, 6.45) is 3.48. The molecule has 3 aromatic carbocycles. The van der Waals surface area contributed by atoms with Crippen molar-refractivity contribution in [3.8, 4) is 28.2 Å². The maximum Gasteiger partial charge on any atom is 0.145 e. The standard InChI is InChI=1S/C28H29ClN2O3S/c1-17-13-19(20-9-10-21(16-32)25(14-20)35(5)34)11-12-24(17)31-15-26(28(3,4)33)30-27(31)22-7-6-8-23(29)18(22)2/h6-15,32-33H,16H2,1-5H3. The van der Waals surface area contributed by atoms with Gasteiger partial charge in [-0.1, -0.05) is 41.9 Å². The second-order valence-electron chi connectivity index (χ2n) is 9.23. The Morgan fingerprint density at radius 2 is 1.74 bits per heavy atom. The minimum atomic E-state index is -1.21. The molecule has 0 aliphatic rings. The number of aliphatic hydroxyl groups is 2. The molecule has 35 heavy (non-hydrogen) atoms. The van der Waals surface area contributed by atoms with Crippen LogP contribution in [0.1, 0.15) is 36.2 Å². The van der Waals surface area contributed by atoms with E-state index < -0.39 is 16.4 Å². The van der Waals surface area contributed by atoms with Crippen LogP contribution >= 0.6 is 11.6 Å². The van der Waals surface area contributed by atoms with Crippen molar-refractivity contribution in [2.75, 3.05) is 6.26 Å². The van der Waals surface area contributed by atoms with Crippen molar-refractivity contribution < 1.29 is 14.4 Å². The molecule has 0 bridgehead atoms. The van der Waals surface area contributed by atoms with E-state index in [2.05, 4.69) is 6.07 Å². The zero-order valence-corrected chi connectivity index (χ0v) is 22.0. The Bertz CT molecular complexity index is 1440. The van der Waals surface area contributed by atoms with E-state index in [-0.39, 0.29) is 6.61 Å². The van der Waals surface area contributed by atoms with Gasteiger partial charge in [0.15, 0.2) is 0 Å². The van der Waals surface area contributed by atoms with Gasteiger partial charge in [0.1, 0.15) is 11.4 Å². The molecule has 0 saturated carbocycles. The normalized spacial score (nSPS) is 12.7. The highest BCUT2D eigenvalue weighted by Gasteiger charge is 2.24. The number of nitrogens with zero attached hydrogens (tertiary/aromatic N) is 2. The molecular weight excluding hydrogens is 480 g/mol. The van der Waals surface area contributed by atoms with Crippen molar-refractivity contribution in [1.82, 2.24) is 9.55 Å². The first-order valence-corrected chi connectivity index (χ1v) is 13.2. The zero-order valence-electron chi connectivity index (χ0n) is 20.5. The molecule has 0 radical (unpaired) electrons. The summed E-state index contributed by atoms with van der Waals surface area (Å²) in [4.78, 5) is 5.43. The van der Waals surface area contributed by atoms with Gasteiger partial charge in [0.05, 0.1) is 28.8 Å².